The van der Waals surface area contributed by atoms with Crippen LogP contribution in [0.15, 0.2) is 22.8 Å². The second kappa shape index (κ2) is 3.00. The Balaban J connectivity index is 2.21. The lowest BCUT2D eigenvalue weighted by Gasteiger charge is -2.19. The van der Waals surface area contributed by atoms with Crippen molar-refractivity contribution in [1.82, 2.24) is 0 Å². The molecule has 1 aliphatic carbocycles. The standard InChI is InChI=1S/C10H13NO2/c11-10(5-1-2-6-10)9(12)8-4-3-7-13-8/h3-4,7H,1-2,5-6,11H2. The third-order valence-electron chi connectivity index (χ3n) is 2.69. The van der Waals surface area contributed by atoms with Crippen molar-refractivity contribution in [3.63, 3.8) is 0 Å². The van der Waals surface area contributed by atoms with Crippen LogP contribution >= 0.6 is 0 Å². The molecule has 0 bridgehead atoms. The van der Waals surface area contributed by atoms with Gasteiger partial charge in [0.25, 0.3) is 0 Å². The van der Waals surface area contributed by atoms with Crippen LogP contribution in [0, 0.1) is 0 Å². The van der Waals surface area contributed by atoms with E-state index in [0.717, 1.165) is 25.7 Å². The number of ketones is 1. The molecular formula is C10H13NO2. The Bertz CT molecular complexity index is 297. The van der Waals surface area contributed by atoms with E-state index in [-0.39, 0.29) is 5.78 Å². The van der Waals surface area contributed by atoms with Crippen molar-refractivity contribution in [1.29, 1.82) is 0 Å². The van der Waals surface area contributed by atoms with Gasteiger partial charge in [-0.15, -0.1) is 0 Å². The maximum atomic E-state index is 11.8. The zero-order valence-electron chi connectivity index (χ0n) is 7.45. The van der Waals surface area contributed by atoms with Gasteiger partial charge >= 0.3 is 0 Å². The fraction of sp³-hybridized carbons (Fsp3) is 0.500. The summed E-state index contributed by atoms with van der Waals surface area (Å²) in [5, 5.41) is 0. The summed E-state index contributed by atoms with van der Waals surface area (Å²) < 4.78 is 5.04. The maximum absolute atomic E-state index is 11.8. The zero-order chi connectivity index (χ0) is 9.31. The smallest absolute Gasteiger partial charge is 0.217 e. The second-order valence-corrected chi connectivity index (χ2v) is 3.67. The Labute approximate surface area is 76.9 Å². The lowest BCUT2D eigenvalue weighted by Crippen LogP contribution is -2.45. The van der Waals surface area contributed by atoms with Crippen molar-refractivity contribution in [2.45, 2.75) is 31.2 Å². The summed E-state index contributed by atoms with van der Waals surface area (Å²) in [5.74, 6) is 0.347. The minimum absolute atomic E-state index is 0.0463. The minimum atomic E-state index is -0.655. The fourth-order valence-electron chi connectivity index (χ4n) is 1.89. The summed E-state index contributed by atoms with van der Waals surface area (Å²) in [6.45, 7) is 0. The summed E-state index contributed by atoms with van der Waals surface area (Å²) in [4.78, 5) is 11.8. The molecule has 1 heterocycles. The van der Waals surface area contributed by atoms with Gasteiger partial charge in [0.2, 0.25) is 5.78 Å². The summed E-state index contributed by atoms with van der Waals surface area (Å²) in [6, 6.07) is 3.39. The summed E-state index contributed by atoms with van der Waals surface area (Å²) in [7, 11) is 0. The highest BCUT2D eigenvalue weighted by Crippen LogP contribution is 2.30. The van der Waals surface area contributed by atoms with Crippen LogP contribution in [0.4, 0.5) is 0 Å². The van der Waals surface area contributed by atoms with E-state index in [4.69, 9.17) is 10.2 Å². The Morgan fingerprint density at radius 3 is 2.69 bits per heavy atom. The van der Waals surface area contributed by atoms with E-state index in [1.807, 2.05) is 0 Å². The lowest BCUT2D eigenvalue weighted by molar-refractivity contribution is 0.0863. The Morgan fingerprint density at radius 2 is 2.15 bits per heavy atom. The molecule has 1 fully saturated rings. The molecule has 3 heteroatoms. The van der Waals surface area contributed by atoms with Crippen molar-refractivity contribution in [3.8, 4) is 0 Å². The van der Waals surface area contributed by atoms with Crippen molar-refractivity contribution in [3.05, 3.63) is 24.2 Å². The Morgan fingerprint density at radius 1 is 1.46 bits per heavy atom. The van der Waals surface area contributed by atoms with Crippen molar-refractivity contribution < 1.29 is 9.21 Å². The highest BCUT2D eigenvalue weighted by molar-refractivity contribution is 6.01. The topological polar surface area (TPSA) is 56.2 Å². The van der Waals surface area contributed by atoms with Crippen molar-refractivity contribution in [2.24, 2.45) is 5.73 Å². The first-order valence-corrected chi connectivity index (χ1v) is 4.60. The fourth-order valence-corrected chi connectivity index (χ4v) is 1.89. The SMILES string of the molecule is NC1(C(=O)c2ccco2)CCCC1. The van der Waals surface area contributed by atoms with Crippen molar-refractivity contribution in [2.75, 3.05) is 0 Å². The molecule has 0 aromatic carbocycles. The van der Waals surface area contributed by atoms with Gasteiger partial charge < -0.3 is 10.2 Å². The number of hydrogen-bond donors (Lipinski definition) is 1. The third kappa shape index (κ3) is 1.40. The molecule has 1 aromatic rings. The van der Waals surface area contributed by atoms with Crippen LogP contribution in [-0.4, -0.2) is 11.3 Å². The molecule has 1 aliphatic rings. The van der Waals surface area contributed by atoms with E-state index in [1.54, 1.807) is 12.1 Å². The van der Waals surface area contributed by atoms with Crippen LogP contribution in [0.2, 0.25) is 0 Å². The quantitative estimate of drug-likeness (QED) is 0.703. The molecule has 0 spiro atoms. The van der Waals surface area contributed by atoms with Gasteiger partial charge in [0.05, 0.1) is 11.8 Å². The number of carbonyl (C=O) groups excluding carboxylic acids is 1. The predicted octanol–water partition coefficient (Wildman–Crippen LogP) is 1.73. The predicted molar refractivity (Wildman–Crippen MR) is 48.4 cm³/mol. The number of carbonyl (C=O) groups is 1. The number of nitrogens with two attached hydrogens (primary N) is 1. The van der Waals surface area contributed by atoms with E-state index in [2.05, 4.69) is 0 Å². The first-order chi connectivity index (χ1) is 6.22. The van der Waals surface area contributed by atoms with E-state index >= 15 is 0 Å². The number of furan rings is 1. The molecule has 0 radical (unpaired) electrons. The molecular weight excluding hydrogens is 166 g/mol. The van der Waals surface area contributed by atoms with E-state index < -0.39 is 5.54 Å². The van der Waals surface area contributed by atoms with Crippen LogP contribution in [0.25, 0.3) is 0 Å². The molecule has 1 saturated carbocycles. The Hall–Kier alpha value is -1.09. The normalized spacial score (nSPS) is 20.4. The van der Waals surface area contributed by atoms with Gasteiger partial charge in [-0.05, 0) is 25.0 Å². The molecule has 0 unspecified atom stereocenters. The van der Waals surface area contributed by atoms with Crippen LogP contribution in [0.1, 0.15) is 36.2 Å². The van der Waals surface area contributed by atoms with Gasteiger partial charge in [-0.2, -0.15) is 0 Å². The van der Waals surface area contributed by atoms with E-state index in [0.29, 0.717) is 5.76 Å². The molecule has 70 valence electrons. The molecule has 0 aliphatic heterocycles. The summed E-state index contributed by atoms with van der Waals surface area (Å²) in [5.41, 5.74) is 5.33. The van der Waals surface area contributed by atoms with Crippen LogP contribution in [0.5, 0.6) is 0 Å². The molecule has 2 N–H and O–H groups in total. The van der Waals surface area contributed by atoms with Gasteiger partial charge in [-0.1, -0.05) is 12.8 Å². The maximum Gasteiger partial charge on any atom is 0.217 e. The summed E-state index contributed by atoms with van der Waals surface area (Å²) in [6.07, 6.45) is 5.16. The van der Waals surface area contributed by atoms with Crippen LogP contribution in [0.3, 0.4) is 0 Å². The molecule has 2 rings (SSSR count). The lowest BCUT2D eigenvalue weighted by atomic mass is 9.92. The second-order valence-electron chi connectivity index (χ2n) is 3.67. The van der Waals surface area contributed by atoms with Crippen molar-refractivity contribution >= 4 is 5.78 Å². The largest absolute Gasteiger partial charge is 0.461 e. The molecule has 0 atom stereocenters. The Kier molecular flexibility index (Phi) is 1.96. The molecule has 3 nitrogen and oxygen atoms in total. The van der Waals surface area contributed by atoms with E-state index in [9.17, 15) is 4.79 Å². The first-order valence-electron chi connectivity index (χ1n) is 4.60. The van der Waals surface area contributed by atoms with Gasteiger partial charge in [0.15, 0.2) is 5.76 Å². The monoisotopic (exact) mass is 179 g/mol. The van der Waals surface area contributed by atoms with E-state index in [1.165, 1.54) is 6.26 Å². The zero-order valence-corrected chi connectivity index (χ0v) is 7.45. The van der Waals surface area contributed by atoms with Crippen LogP contribution < -0.4 is 5.73 Å². The number of Topliss-reactive ketones (excluding diaryl/α,β-unsaturated/α-hetero) is 1. The molecule has 1 aromatic heterocycles. The van der Waals surface area contributed by atoms with Gasteiger partial charge in [0, 0.05) is 0 Å². The van der Waals surface area contributed by atoms with Gasteiger partial charge in [-0.3, -0.25) is 4.79 Å². The highest BCUT2D eigenvalue weighted by atomic mass is 16.3. The number of rotatable bonds is 2. The molecule has 0 saturated heterocycles. The average molecular weight is 179 g/mol. The molecule has 0 amide bonds. The minimum Gasteiger partial charge on any atom is -0.461 e. The third-order valence-corrected chi connectivity index (χ3v) is 2.69. The molecule has 13 heavy (non-hydrogen) atoms. The first kappa shape index (κ1) is 8.51. The number of hydrogen-bond acceptors (Lipinski definition) is 3. The average Bonchev–Trinajstić information content (AvgIpc) is 2.73. The van der Waals surface area contributed by atoms with Crippen LogP contribution in [-0.2, 0) is 0 Å². The highest BCUT2D eigenvalue weighted by Gasteiger charge is 2.38. The van der Waals surface area contributed by atoms with Gasteiger partial charge in [-0.25, -0.2) is 0 Å². The summed E-state index contributed by atoms with van der Waals surface area (Å²) >= 11 is 0. The van der Waals surface area contributed by atoms with Gasteiger partial charge in [0.1, 0.15) is 0 Å².